The summed E-state index contributed by atoms with van der Waals surface area (Å²) in [4.78, 5) is 4.67. The first-order valence-electron chi connectivity index (χ1n) is 5.75. The van der Waals surface area contributed by atoms with Crippen LogP contribution in [0.5, 0.6) is 0 Å². The minimum Gasteiger partial charge on any atom is -0.387 e. The fraction of sp³-hybridized carbons (Fsp3) is 0.462. The van der Waals surface area contributed by atoms with Gasteiger partial charge in [0.15, 0.2) is 0 Å². The van der Waals surface area contributed by atoms with Crippen LogP contribution in [0.2, 0.25) is 0 Å². The predicted octanol–water partition coefficient (Wildman–Crippen LogP) is 2.44. The molecule has 0 radical (unpaired) electrons. The average Bonchev–Trinajstić information content (AvgIpc) is 3.03. The normalized spacial score (nSPS) is 25.3. The van der Waals surface area contributed by atoms with Gasteiger partial charge in [-0.1, -0.05) is 24.3 Å². The molecule has 0 aliphatic heterocycles. The van der Waals surface area contributed by atoms with Gasteiger partial charge in [0, 0.05) is 5.92 Å². The van der Waals surface area contributed by atoms with Crippen LogP contribution in [-0.2, 0) is 6.42 Å². The number of aryl methyl sites for hydroxylation is 1. The fourth-order valence-corrected chi connectivity index (χ4v) is 2.33. The second-order valence-corrected chi connectivity index (χ2v) is 4.58. The number of fused-ring (bicyclic) bond motifs is 1. The van der Waals surface area contributed by atoms with Crippen molar-refractivity contribution in [1.29, 1.82) is 0 Å². The summed E-state index contributed by atoms with van der Waals surface area (Å²) in [5.41, 5.74) is 8.81. The van der Waals surface area contributed by atoms with E-state index in [1.165, 1.54) is 24.0 Å². The van der Waals surface area contributed by atoms with Crippen molar-refractivity contribution < 1.29 is 0 Å². The van der Waals surface area contributed by atoms with Crippen molar-refractivity contribution in [1.82, 2.24) is 0 Å². The van der Waals surface area contributed by atoms with Gasteiger partial charge < -0.3 is 5.73 Å². The van der Waals surface area contributed by atoms with Crippen molar-refractivity contribution in [3.05, 3.63) is 35.4 Å². The molecule has 0 amide bonds. The van der Waals surface area contributed by atoms with E-state index in [2.05, 4.69) is 29.3 Å². The number of hydrogen-bond acceptors (Lipinski definition) is 1. The maximum Gasteiger partial charge on any atom is 0.0976 e. The van der Waals surface area contributed by atoms with Crippen molar-refractivity contribution >= 4 is 5.84 Å². The Morgan fingerprint density at radius 1 is 1.20 bits per heavy atom. The van der Waals surface area contributed by atoms with Crippen LogP contribution < -0.4 is 5.73 Å². The van der Waals surface area contributed by atoms with E-state index in [4.69, 9.17) is 5.73 Å². The van der Waals surface area contributed by atoms with E-state index in [9.17, 15) is 0 Å². The molecule has 0 heterocycles. The molecule has 0 spiro atoms. The predicted molar refractivity (Wildman–Crippen MR) is 61.9 cm³/mol. The van der Waals surface area contributed by atoms with E-state index >= 15 is 0 Å². The van der Waals surface area contributed by atoms with Gasteiger partial charge >= 0.3 is 0 Å². The van der Waals surface area contributed by atoms with Crippen LogP contribution in [0.25, 0.3) is 0 Å². The van der Waals surface area contributed by atoms with Crippen molar-refractivity contribution in [3.63, 3.8) is 0 Å². The van der Waals surface area contributed by atoms with Gasteiger partial charge in [-0.05, 0) is 36.8 Å². The van der Waals surface area contributed by atoms with Gasteiger partial charge in [0.1, 0.15) is 0 Å². The first kappa shape index (κ1) is 8.96. The lowest BCUT2D eigenvalue weighted by Gasteiger charge is -2.07. The number of nitrogens with zero attached hydrogens (tertiary/aromatic N) is 1. The molecule has 2 heteroatoms. The monoisotopic (exact) mass is 200 g/mol. The molecule has 1 unspecified atom stereocenters. The minimum atomic E-state index is 0.335. The van der Waals surface area contributed by atoms with E-state index < -0.39 is 0 Å². The summed E-state index contributed by atoms with van der Waals surface area (Å²) in [5, 5.41) is 0. The highest BCUT2D eigenvalue weighted by Gasteiger charge is 2.28. The average molecular weight is 200 g/mol. The molecule has 78 valence electrons. The second-order valence-electron chi connectivity index (χ2n) is 4.58. The van der Waals surface area contributed by atoms with E-state index in [1.807, 2.05) is 0 Å². The molecular formula is C13H16N2. The Balaban J connectivity index is 1.87. The fourth-order valence-electron chi connectivity index (χ4n) is 2.33. The Labute approximate surface area is 90.2 Å². The Morgan fingerprint density at radius 2 is 2.00 bits per heavy atom. The zero-order valence-electron chi connectivity index (χ0n) is 8.82. The molecule has 1 atom stereocenters. The van der Waals surface area contributed by atoms with Gasteiger partial charge in [-0.2, -0.15) is 0 Å². The molecule has 3 rings (SSSR count). The molecule has 1 saturated carbocycles. The number of amidine groups is 1. The van der Waals surface area contributed by atoms with Gasteiger partial charge in [-0.15, -0.1) is 0 Å². The lowest BCUT2D eigenvalue weighted by Crippen LogP contribution is -2.15. The molecule has 2 aliphatic carbocycles. The highest BCUT2D eigenvalue weighted by atomic mass is 14.9. The second kappa shape index (κ2) is 3.37. The highest BCUT2D eigenvalue weighted by molar-refractivity contribution is 5.85. The number of aliphatic imine (C=N–C) groups is 1. The lowest BCUT2D eigenvalue weighted by atomic mass is 10.1. The Morgan fingerprint density at radius 3 is 2.80 bits per heavy atom. The van der Waals surface area contributed by atoms with Gasteiger partial charge in [-0.25, -0.2) is 0 Å². The Kier molecular flexibility index (Phi) is 2.01. The minimum absolute atomic E-state index is 0.335. The number of benzene rings is 1. The van der Waals surface area contributed by atoms with Gasteiger partial charge in [0.25, 0.3) is 0 Å². The van der Waals surface area contributed by atoms with Crippen molar-refractivity contribution in [2.75, 3.05) is 0 Å². The van der Waals surface area contributed by atoms with Crippen molar-refractivity contribution in [2.24, 2.45) is 16.6 Å². The number of rotatable bonds is 2. The van der Waals surface area contributed by atoms with Crippen LogP contribution in [0.3, 0.4) is 0 Å². The third kappa shape index (κ3) is 1.65. The summed E-state index contributed by atoms with van der Waals surface area (Å²) in [6.07, 6.45) is 4.77. The van der Waals surface area contributed by atoms with Crippen LogP contribution in [0.1, 0.15) is 36.4 Å². The summed E-state index contributed by atoms with van der Waals surface area (Å²) in [5.74, 6) is 1.48. The molecule has 2 aliphatic rings. The molecule has 1 aromatic carbocycles. The summed E-state index contributed by atoms with van der Waals surface area (Å²) >= 11 is 0. The van der Waals surface area contributed by atoms with Crippen molar-refractivity contribution in [3.8, 4) is 0 Å². The maximum atomic E-state index is 5.97. The van der Waals surface area contributed by atoms with Gasteiger partial charge in [0.05, 0.1) is 11.9 Å². The van der Waals surface area contributed by atoms with Crippen LogP contribution in [-0.4, -0.2) is 5.84 Å². The Bertz CT molecular complexity index is 405. The van der Waals surface area contributed by atoms with E-state index in [1.54, 1.807) is 0 Å². The van der Waals surface area contributed by atoms with Crippen LogP contribution in [0, 0.1) is 5.92 Å². The third-order valence-corrected chi connectivity index (χ3v) is 3.40. The number of hydrogen-bond donors (Lipinski definition) is 1. The molecule has 1 fully saturated rings. The standard InChI is InChI=1S/C13H16N2/c14-13(10-5-6-10)15-12-8-7-9-3-1-2-4-11(9)12/h1-4,10,12H,5-8H2,(H2,14,15). The van der Waals surface area contributed by atoms with Gasteiger partial charge in [0.2, 0.25) is 0 Å². The molecule has 0 bridgehead atoms. The summed E-state index contributed by atoms with van der Waals surface area (Å²) in [7, 11) is 0. The zero-order chi connectivity index (χ0) is 10.3. The summed E-state index contributed by atoms with van der Waals surface area (Å²) < 4.78 is 0. The molecule has 2 N–H and O–H groups in total. The third-order valence-electron chi connectivity index (χ3n) is 3.40. The maximum absolute atomic E-state index is 5.97. The van der Waals surface area contributed by atoms with Gasteiger partial charge in [-0.3, -0.25) is 4.99 Å². The van der Waals surface area contributed by atoms with E-state index in [0.29, 0.717) is 12.0 Å². The highest BCUT2D eigenvalue weighted by Crippen LogP contribution is 2.36. The Hall–Kier alpha value is -1.31. The summed E-state index contributed by atoms with van der Waals surface area (Å²) in [6, 6.07) is 8.94. The van der Waals surface area contributed by atoms with E-state index in [0.717, 1.165) is 18.7 Å². The number of nitrogens with two attached hydrogens (primary N) is 1. The molecule has 15 heavy (non-hydrogen) atoms. The van der Waals surface area contributed by atoms with E-state index in [-0.39, 0.29) is 0 Å². The smallest absolute Gasteiger partial charge is 0.0976 e. The molecule has 0 aromatic heterocycles. The molecule has 1 aromatic rings. The lowest BCUT2D eigenvalue weighted by molar-refractivity contribution is 0.710. The van der Waals surface area contributed by atoms with Crippen LogP contribution in [0.15, 0.2) is 29.3 Å². The molecule has 0 saturated heterocycles. The topological polar surface area (TPSA) is 38.4 Å². The first-order chi connectivity index (χ1) is 7.34. The summed E-state index contributed by atoms with van der Waals surface area (Å²) in [6.45, 7) is 0. The molecule has 2 nitrogen and oxygen atoms in total. The first-order valence-corrected chi connectivity index (χ1v) is 5.75. The largest absolute Gasteiger partial charge is 0.387 e. The zero-order valence-corrected chi connectivity index (χ0v) is 8.82. The van der Waals surface area contributed by atoms with Crippen molar-refractivity contribution in [2.45, 2.75) is 31.7 Å². The van der Waals surface area contributed by atoms with Crippen LogP contribution >= 0.6 is 0 Å². The SMILES string of the molecule is NC(=NC1CCc2ccccc21)C1CC1. The quantitative estimate of drug-likeness (QED) is 0.578. The van der Waals surface area contributed by atoms with Crippen LogP contribution in [0.4, 0.5) is 0 Å². The molecular weight excluding hydrogens is 184 g/mol.